The lowest BCUT2D eigenvalue weighted by molar-refractivity contribution is -0.150. The van der Waals surface area contributed by atoms with Gasteiger partial charge in [-0.15, -0.1) is 5.06 Å². The molecular weight excluding hydrogens is 226 g/mol. The van der Waals surface area contributed by atoms with Gasteiger partial charge in [-0.25, -0.2) is 9.59 Å². The molecule has 0 radical (unpaired) electrons. The molecular formula is C11H15NO5. The summed E-state index contributed by atoms with van der Waals surface area (Å²) >= 11 is 0. The molecule has 0 aromatic rings. The predicted octanol–water partition coefficient (Wildman–Crippen LogP) is 1.74. The van der Waals surface area contributed by atoms with Gasteiger partial charge in [0.25, 0.3) is 0 Å². The second-order valence-corrected chi connectivity index (χ2v) is 4.29. The normalized spacial score (nSPS) is 14.8. The SMILES string of the molecule is COC(=O)N1C=C(C(=O)OC(C)(C)C)C=CO1. The number of amides is 1. The summed E-state index contributed by atoms with van der Waals surface area (Å²) in [5.74, 6) is -0.536. The monoisotopic (exact) mass is 241 g/mol. The van der Waals surface area contributed by atoms with Gasteiger partial charge in [0.15, 0.2) is 0 Å². The average molecular weight is 241 g/mol. The number of hydrogen-bond acceptors (Lipinski definition) is 5. The van der Waals surface area contributed by atoms with E-state index < -0.39 is 17.7 Å². The summed E-state index contributed by atoms with van der Waals surface area (Å²) < 4.78 is 9.60. The summed E-state index contributed by atoms with van der Waals surface area (Å²) in [6.45, 7) is 5.27. The van der Waals surface area contributed by atoms with E-state index in [1.54, 1.807) is 20.8 Å². The third-order valence-corrected chi connectivity index (χ3v) is 1.67. The van der Waals surface area contributed by atoms with Crippen molar-refractivity contribution < 1.29 is 23.9 Å². The summed E-state index contributed by atoms with van der Waals surface area (Å²) in [7, 11) is 1.21. The Morgan fingerprint density at radius 2 is 2.00 bits per heavy atom. The Morgan fingerprint density at radius 1 is 1.35 bits per heavy atom. The third kappa shape index (κ3) is 3.82. The fraction of sp³-hybridized carbons (Fsp3) is 0.455. The molecule has 0 saturated carbocycles. The number of hydrogen-bond donors (Lipinski definition) is 0. The van der Waals surface area contributed by atoms with E-state index in [0.717, 1.165) is 5.06 Å². The predicted molar refractivity (Wildman–Crippen MR) is 58.4 cm³/mol. The van der Waals surface area contributed by atoms with Crippen LogP contribution in [0, 0.1) is 0 Å². The Morgan fingerprint density at radius 3 is 2.53 bits per heavy atom. The maximum absolute atomic E-state index is 11.7. The van der Waals surface area contributed by atoms with Crippen molar-refractivity contribution >= 4 is 12.1 Å². The van der Waals surface area contributed by atoms with E-state index in [2.05, 4.69) is 4.74 Å². The minimum Gasteiger partial charge on any atom is -0.456 e. The summed E-state index contributed by atoms with van der Waals surface area (Å²) in [6, 6.07) is 0. The fourth-order valence-corrected chi connectivity index (χ4v) is 1.01. The van der Waals surface area contributed by atoms with Crippen LogP contribution in [0.25, 0.3) is 0 Å². The van der Waals surface area contributed by atoms with Crippen molar-refractivity contribution in [3.8, 4) is 0 Å². The van der Waals surface area contributed by atoms with Gasteiger partial charge in [0.2, 0.25) is 0 Å². The molecule has 94 valence electrons. The molecule has 0 fully saturated rings. The van der Waals surface area contributed by atoms with Crippen molar-refractivity contribution in [1.29, 1.82) is 0 Å². The van der Waals surface area contributed by atoms with Crippen LogP contribution in [0.2, 0.25) is 0 Å². The molecule has 0 bridgehead atoms. The van der Waals surface area contributed by atoms with Crippen molar-refractivity contribution in [3.05, 3.63) is 24.1 Å². The largest absolute Gasteiger partial charge is 0.456 e. The van der Waals surface area contributed by atoms with Crippen LogP contribution in [0.5, 0.6) is 0 Å². The lowest BCUT2D eigenvalue weighted by Crippen LogP contribution is -2.29. The number of hydroxylamine groups is 2. The summed E-state index contributed by atoms with van der Waals surface area (Å²) in [6.07, 6.45) is 3.10. The smallest absolute Gasteiger partial charge is 0.447 e. The van der Waals surface area contributed by atoms with E-state index in [4.69, 9.17) is 9.57 Å². The van der Waals surface area contributed by atoms with Gasteiger partial charge in [-0.2, -0.15) is 0 Å². The highest BCUT2D eigenvalue weighted by Crippen LogP contribution is 2.15. The molecule has 1 heterocycles. The molecule has 0 saturated heterocycles. The Labute approximate surface area is 99.4 Å². The number of rotatable bonds is 1. The third-order valence-electron chi connectivity index (χ3n) is 1.67. The molecule has 6 heteroatoms. The molecule has 0 spiro atoms. The number of carbonyl (C=O) groups is 2. The number of carbonyl (C=O) groups excluding carboxylic acids is 2. The second kappa shape index (κ2) is 4.90. The lowest BCUT2D eigenvalue weighted by atomic mass is 10.2. The quantitative estimate of drug-likeness (QED) is 0.654. The first-order valence-corrected chi connectivity index (χ1v) is 4.99. The molecule has 0 N–H and O–H groups in total. The first-order valence-electron chi connectivity index (χ1n) is 4.99. The van der Waals surface area contributed by atoms with E-state index in [-0.39, 0.29) is 5.57 Å². The van der Waals surface area contributed by atoms with Crippen molar-refractivity contribution in [2.45, 2.75) is 26.4 Å². The van der Waals surface area contributed by atoms with Crippen LogP contribution in [-0.2, 0) is 19.1 Å². The maximum atomic E-state index is 11.7. The van der Waals surface area contributed by atoms with Gasteiger partial charge in [0, 0.05) is 0 Å². The van der Waals surface area contributed by atoms with E-state index in [1.807, 2.05) is 0 Å². The van der Waals surface area contributed by atoms with Crippen LogP contribution < -0.4 is 0 Å². The highest BCUT2D eigenvalue weighted by atomic mass is 16.7. The minimum absolute atomic E-state index is 0.205. The Bertz CT molecular complexity index is 378. The highest BCUT2D eigenvalue weighted by Gasteiger charge is 2.23. The molecule has 0 aliphatic carbocycles. The van der Waals surface area contributed by atoms with Gasteiger partial charge in [0.1, 0.15) is 11.9 Å². The topological polar surface area (TPSA) is 65.1 Å². The van der Waals surface area contributed by atoms with Crippen molar-refractivity contribution in [2.24, 2.45) is 0 Å². The van der Waals surface area contributed by atoms with Crippen LogP contribution in [0.4, 0.5) is 4.79 Å². The molecule has 0 unspecified atom stereocenters. The zero-order valence-corrected chi connectivity index (χ0v) is 10.2. The van der Waals surface area contributed by atoms with Gasteiger partial charge in [-0.05, 0) is 26.8 Å². The maximum Gasteiger partial charge on any atom is 0.447 e. The minimum atomic E-state index is -0.726. The van der Waals surface area contributed by atoms with Crippen molar-refractivity contribution in [1.82, 2.24) is 5.06 Å². The van der Waals surface area contributed by atoms with E-state index in [9.17, 15) is 9.59 Å². The lowest BCUT2D eigenvalue weighted by Gasteiger charge is -2.22. The van der Waals surface area contributed by atoms with Gasteiger partial charge in [0.05, 0.1) is 18.9 Å². The second-order valence-electron chi connectivity index (χ2n) is 4.29. The molecule has 1 aliphatic rings. The van der Waals surface area contributed by atoms with Crippen LogP contribution in [0.3, 0.4) is 0 Å². The molecule has 0 aromatic carbocycles. The number of methoxy groups -OCH3 is 1. The highest BCUT2D eigenvalue weighted by molar-refractivity contribution is 5.92. The first kappa shape index (κ1) is 13.1. The Hall–Kier alpha value is -1.98. The van der Waals surface area contributed by atoms with Crippen LogP contribution in [0.15, 0.2) is 24.1 Å². The standard InChI is InChI=1S/C11H15NO5/c1-11(2,3)17-9(13)8-5-6-16-12(7-8)10(14)15-4/h5-7H,1-4H3. The Balaban J connectivity index is 2.76. The van der Waals surface area contributed by atoms with Crippen molar-refractivity contribution in [3.63, 3.8) is 0 Å². The van der Waals surface area contributed by atoms with Crippen molar-refractivity contribution in [2.75, 3.05) is 7.11 Å². The molecule has 17 heavy (non-hydrogen) atoms. The fourth-order valence-electron chi connectivity index (χ4n) is 1.01. The zero-order valence-electron chi connectivity index (χ0n) is 10.2. The Kier molecular flexibility index (Phi) is 3.77. The first-order chi connectivity index (χ1) is 7.83. The summed E-state index contributed by atoms with van der Waals surface area (Å²) in [5, 5.41) is 0.805. The molecule has 6 nitrogen and oxygen atoms in total. The summed E-state index contributed by atoms with van der Waals surface area (Å²) in [5.41, 5.74) is -0.392. The molecule has 1 aliphatic heterocycles. The zero-order chi connectivity index (χ0) is 13.1. The number of esters is 1. The van der Waals surface area contributed by atoms with E-state index in [1.165, 1.54) is 25.6 Å². The van der Waals surface area contributed by atoms with Crippen LogP contribution in [-0.4, -0.2) is 29.8 Å². The van der Waals surface area contributed by atoms with Crippen LogP contribution >= 0.6 is 0 Å². The van der Waals surface area contributed by atoms with E-state index in [0.29, 0.717) is 0 Å². The average Bonchev–Trinajstić information content (AvgIpc) is 2.26. The van der Waals surface area contributed by atoms with E-state index >= 15 is 0 Å². The summed E-state index contributed by atoms with van der Waals surface area (Å²) in [4.78, 5) is 27.7. The van der Waals surface area contributed by atoms with Crippen LogP contribution in [0.1, 0.15) is 20.8 Å². The van der Waals surface area contributed by atoms with Gasteiger partial charge < -0.3 is 14.3 Å². The molecule has 0 aromatic heterocycles. The molecule has 1 rings (SSSR count). The molecule has 0 atom stereocenters. The number of ether oxygens (including phenoxy) is 2. The molecule has 1 amide bonds. The number of nitrogens with zero attached hydrogens (tertiary/aromatic N) is 1. The van der Waals surface area contributed by atoms with Gasteiger partial charge in [-0.1, -0.05) is 0 Å². The van der Waals surface area contributed by atoms with Gasteiger partial charge in [-0.3, -0.25) is 0 Å². The van der Waals surface area contributed by atoms with Gasteiger partial charge >= 0.3 is 12.1 Å².